The first kappa shape index (κ1) is 12.7. The molecule has 0 amide bonds. The number of ketones is 1. The lowest BCUT2D eigenvalue weighted by Gasteiger charge is -2.35. The number of carbonyl (C=O) groups is 1. The number of nitriles is 4. The molecule has 1 aliphatic carbocycles. The predicted molar refractivity (Wildman–Crippen MR) is 55.3 cm³/mol. The molecule has 0 heterocycles. The second-order valence-corrected chi connectivity index (χ2v) is 4.33. The van der Waals surface area contributed by atoms with Crippen molar-refractivity contribution in [3.8, 4) is 24.3 Å². The first-order valence-corrected chi connectivity index (χ1v) is 5.17. The first-order valence-electron chi connectivity index (χ1n) is 5.17. The third-order valence-corrected chi connectivity index (χ3v) is 3.61. The summed E-state index contributed by atoms with van der Waals surface area (Å²) < 4.78 is 0. The Morgan fingerprint density at radius 1 is 1.24 bits per heavy atom. The van der Waals surface area contributed by atoms with Gasteiger partial charge in [0.15, 0.2) is 11.3 Å². The van der Waals surface area contributed by atoms with Crippen molar-refractivity contribution in [3.63, 3.8) is 0 Å². The molecule has 1 rings (SSSR count). The minimum Gasteiger partial charge on any atom is -0.299 e. The van der Waals surface area contributed by atoms with Gasteiger partial charge < -0.3 is 0 Å². The highest BCUT2D eigenvalue weighted by atomic mass is 16.1. The zero-order valence-corrected chi connectivity index (χ0v) is 9.40. The van der Waals surface area contributed by atoms with Gasteiger partial charge in [0, 0.05) is 6.42 Å². The van der Waals surface area contributed by atoms with Crippen LogP contribution in [0.2, 0.25) is 0 Å². The molecule has 5 heteroatoms. The van der Waals surface area contributed by atoms with Gasteiger partial charge in [-0.2, -0.15) is 21.0 Å². The normalized spacial score (nSPS) is 23.5. The number of hydrogen-bond donors (Lipinski definition) is 0. The van der Waals surface area contributed by atoms with Crippen LogP contribution >= 0.6 is 0 Å². The number of rotatable bonds is 2. The average Bonchev–Trinajstić information content (AvgIpc) is 2.68. The van der Waals surface area contributed by atoms with E-state index in [0.29, 0.717) is 19.3 Å². The highest BCUT2D eigenvalue weighted by Gasteiger charge is 2.60. The van der Waals surface area contributed by atoms with Crippen LogP contribution in [0.3, 0.4) is 0 Å². The molecule has 1 aliphatic rings. The van der Waals surface area contributed by atoms with Crippen molar-refractivity contribution in [1.82, 2.24) is 0 Å². The number of hydrogen-bond acceptors (Lipinski definition) is 5. The van der Waals surface area contributed by atoms with E-state index in [9.17, 15) is 15.3 Å². The molecule has 84 valence electrons. The van der Waals surface area contributed by atoms with Crippen molar-refractivity contribution >= 4 is 5.78 Å². The molecule has 1 atom stereocenters. The van der Waals surface area contributed by atoms with Crippen LogP contribution in [0.15, 0.2) is 0 Å². The SMILES string of the molecule is C[C@@]1(C(C#N)(C#N)C(C#N)C#N)CCCC1=O. The predicted octanol–water partition coefficient (Wildman–Crippen LogP) is 1.44. The minimum atomic E-state index is -1.87. The third-order valence-electron chi connectivity index (χ3n) is 3.61. The Kier molecular flexibility index (Phi) is 3.17. The van der Waals surface area contributed by atoms with E-state index in [1.807, 2.05) is 0 Å². The molecular weight excluding hydrogens is 216 g/mol. The fourth-order valence-corrected chi connectivity index (χ4v) is 2.38. The van der Waals surface area contributed by atoms with Crippen LogP contribution in [-0.4, -0.2) is 5.78 Å². The van der Waals surface area contributed by atoms with E-state index < -0.39 is 16.7 Å². The summed E-state index contributed by atoms with van der Waals surface area (Å²) in [6, 6.07) is 6.82. The van der Waals surface area contributed by atoms with Gasteiger partial charge in [-0.3, -0.25) is 4.79 Å². The van der Waals surface area contributed by atoms with Gasteiger partial charge in [-0.05, 0) is 19.8 Å². The minimum absolute atomic E-state index is 0.212. The van der Waals surface area contributed by atoms with E-state index in [1.165, 1.54) is 6.92 Å². The van der Waals surface area contributed by atoms with Crippen molar-refractivity contribution in [3.05, 3.63) is 0 Å². The lowest BCUT2D eigenvalue weighted by atomic mass is 9.59. The second-order valence-electron chi connectivity index (χ2n) is 4.33. The Balaban J connectivity index is 3.45. The average molecular weight is 226 g/mol. The van der Waals surface area contributed by atoms with Crippen molar-refractivity contribution in [2.75, 3.05) is 0 Å². The van der Waals surface area contributed by atoms with Crippen molar-refractivity contribution in [1.29, 1.82) is 21.0 Å². The third kappa shape index (κ3) is 1.45. The van der Waals surface area contributed by atoms with E-state index in [0.717, 1.165) is 0 Å². The Labute approximate surface area is 99.5 Å². The smallest absolute Gasteiger partial charge is 0.184 e. The molecule has 0 spiro atoms. The van der Waals surface area contributed by atoms with Crippen LogP contribution in [0.4, 0.5) is 0 Å². The fraction of sp³-hybridized carbons (Fsp3) is 0.583. The summed E-state index contributed by atoms with van der Waals surface area (Å²) in [7, 11) is 0. The van der Waals surface area contributed by atoms with Gasteiger partial charge in [0.1, 0.15) is 5.78 Å². The van der Waals surface area contributed by atoms with Crippen molar-refractivity contribution in [2.45, 2.75) is 26.2 Å². The highest BCUT2D eigenvalue weighted by Crippen LogP contribution is 2.52. The highest BCUT2D eigenvalue weighted by molar-refractivity contribution is 5.88. The van der Waals surface area contributed by atoms with Gasteiger partial charge in [-0.25, -0.2) is 0 Å². The van der Waals surface area contributed by atoms with E-state index in [2.05, 4.69) is 0 Å². The summed E-state index contributed by atoms with van der Waals surface area (Å²) in [5.74, 6) is -1.62. The topological polar surface area (TPSA) is 112 Å². The zero-order valence-electron chi connectivity index (χ0n) is 9.40. The van der Waals surface area contributed by atoms with E-state index in [-0.39, 0.29) is 5.78 Å². The standard InChI is InChI=1S/C12H10N4O/c1-11(4-2-3-10(11)17)12(7-15,8-16)9(5-13)6-14/h9H,2-4H2,1H3/t11-/m1/s1. The van der Waals surface area contributed by atoms with Gasteiger partial charge in [0.2, 0.25) is 0 Å². The molecule has 1 fully saturated rings. The van der Waals surface area contributed by atoms with Crippen molar-refractivity contribution in [2.24, 2.45) is 16.7 Å². The summed E-state index contributed by atoms with van der Waals surface area (Å²) in [5.41, 5.74) is -3.09. The molecule has 0 aromatic heterocycles. The lowest BCUT2D eigenvalue weighted by Crippen LogP contribution is -2.45. The number of Topliss-reactive ketones (excluding diaryl/α,β-unsaturated/α-hetero) is 1. The lowest BCUT2D eigenvalue weighted by molar-refractivity contribution is -0.128. The summed E-state index contributed by atoms with van der Waals surface area (Å²) in [6.45, 7) is 1.51. The van der Waals surface area contributed by atoms with Crippen LogP contribution in [0.5, 0.6) is 0 Å². The molecule has 0 bridgehead atoms. The first-order chi connectivity index (χ1) is 8.02. The van der Waals surface area contributed by atoms with Crippen LogP contribution < -0.4 is 0 Å². The summed E-state index contributed by atoms with van der Waals surface area (Å²) in [5, 5.41) is 36.2. The second kappa shape index (κ2) is 4.25. The summed E-state index contributed by atoms with van der Waals surface area (Å²) in [6.07, 6.45) is 1.25. The Bertz CT molecular complexity index is 483. The van der Waals surface area contributed by atoms with E-state index in [4.69, 9.17) is 10.5 Å². The van der Waals surface area contributed by atoms with E-state index in [1.54, 1.807) is 24.3 Å². The molecule has 0 radical (unpaired) electrons. The number of nitrogens with zero attached hydrogens (tertiary/aromatic N) is 4. The molecule has 0 N–H and O–H groups in total. The fourth-order valence-electron chi connectivity index (χ4n) is 2.38. The van der Waals surface area contributed by atoms with Gasteiger partial charge in [0.05, 0.1) is 29.7 Å². The van der Waals surface area contributed by atoms with Crippen molar-refractivity contribution < 1.29 is 4.79 Å². The molecule has 1 saturated carbocycles. The summed E-state index contributed by atoms with van der Waals surface area (Å²) in [4.78, 5) is 11.9. The zero-order chi connectivity index (χ0) is 13.1. The molecular formula is C12H10N4O. The molecule has 5 nitrogen and oxygen atoms in total. The maximum Gasteiger partial charge on any atom is 0.184 e. The molecule has 0 aromatic rings. The molecule has 0 aliphatic heterocycles. The monoisotopic (exact) mass is 226 g/mol. The van der Waals surface area contributed by atoms with Gasteiger partial charge in [-0.15, -0.1) is 0 Å². The maximum atomic E-state index is 11.9. The van der Waals surface area contributed by atoms with Gasteiger partial charge in [0.25, 0.3) is 0 Å². The molecule has 0 unspecified atom stereocenters. The molecule has 0 aromatic carbocycles. The molecule has 17 heavy (non-hydrogen) atoms. The van der Waals surface area contributed by atoms with E-state index >= 15 is 0 Å². The summed E-state index contributed by atoms with van der Waals surface area (Å²) >= 11 is 0. The van der Waals surface area contributed by atoms with Gasteiger partial charge >= 0.3 is 0 Å². The number of carbonyl (C=O) groups excluding carboxylic acids is 1. The Morgan fingerprint density at radius 3 is 2.06 bits per heavy atom. The molecule has 0 saturated heterocycles. The van der Waals surface area contributed by atoms with Crippen LogP contribution in [-0.2, 0) is 4.79 Å². The van der Waals surface area contributed by atoms with Crippen LogP contribution in [0, 0.1) is 62.1 Å². The van der Waals surface area contributed by atoms with Crippen LogP contribution in [0.25, 0.3) is 0 Å². The quantitative estimate of drug-likeness (QED) is 0.706. The Hall–Kier alpha value is -2.37. The Morgan fingerprint density at radius 2 is 1.76 bits per heavy atom. The largest absolute Gasteiger partial charge is 0.299 e. The van der Waals surface area contributed by atoms with Gasteiger partial charge in [-0.1, -0.05) is 0 Å². The van der Waals surface area contributed by atoms with Crippen LogP contribution in [0.1, 0.15) is 26.2 Å². The maximum absolute atomic E-state index is 11.9.